The lowest BCUT2D eigenvalue weighted by Crippen LogP contribution is -2.68. The Labute approximate surface area is 536 Å². The van der Waals surface area contributed by atoms with E-state index >= 15 is 0 Å². The fourth-order valence-corrected chi connectivity index (χ4v) is 13.3. The summed E-state index contributed by atoms with van der Waals surface area (Å²) in [6.07, 6.45) is -64.8. The van der Waals surface area contributed by atoms with Gasteiger partial charge >= 0.3 is 0 Å². The minimum Gasteiger partial charge on any atom is -0.394 e. The molecule has 0 aliphatic carbocycles. The molecular formula is C55H96BrNO35. The summed E-state index contributed by atoms with van der Waals surface area (Å²) in [6, 6.07) is 0. The number of halogens is 1. The van der Waals surface area contributed by atoms with Crippen LogP contribution in [0.15, 0.2) is 0 Å². The Hall–Kier alpha value is -0.960. The van der Waals surface area contributed by atoms with E-state index in [-0.39, 0.29) is 0 Å². The fourth-order valence-electron chi connectivity index (χ4n) is 12.9. The number of nitrogens with zero attached hydrogens (tertiary/aromatic N) is 1. The van der Waals surface area contributed by atoms with Gasteiger partial charge in [0.1, 0.15) is 171 Å². The van der Waals surface area contributed by atoms with Gasteiger partial charge in [-0.3, -0.25) is 0 Å². The van der Waals surface area contributed by atoms with Crippen molar-refractivity contribution in [2.45, 2.75) is 261 Å². The Morgan fingerprint density at radius 3 is 0.717 bits per heavy atom. The predicted octanol–water partition coefficient (Wildman–Crippen LogP) is -11.3. The van der Waals surface area contributed by atoms with Gasteiger partial charge in [-0.15, -0.1) is 0 Å². The van der Waals surface area contributed by atoms with Crippen molar-refractivity contribution in [2.24, 2.45) is 11.3 Å². The first-order valence-electron chi connectivity index (χ1n) is 30.9. The second-order valence-corrected chi connectivity index (χ2v) is 26.4. The molecule has 22 fully saturated rings. The molecule has 0 saturated carbocycles. The largest absolute Gasteiger partial charge is 0.394 e. The van der Waals surface area contributed by atoms with Crippen molar-refractivity contribution in [1.29, 1.82) is 0 Å². The Morgan fingerprint density at radius 2 is 0.533 bits per heavy atom. The third-order valence-corrected chi connectivity index (χ3v) is 18.7. The van der Waals surface area contributed by atoms with Crippen LogP contribution in [-0.2, 0) is 66.3 Å². The summed E-state index contributed by atoms with van der Waals surface area (Å²) >= 11 is 3.51. The number of likely N-dealkylation sites (tertiary alicyclic amines) is 1. The molecule has 0 radical (unpaired) electrons. The van der Waals surface area contributed by atoms with Gasteiger partial charge in [-0.25, -0.2) is 0 Å². The summed E-state index contributed by atoms with van der Waals surface area (Å²) in [4.78, 5) is 2.68. The SMILES string of the molecule is CC1CCC(C)(C)CN(CCCCBr)C1.OC[C@H]1O[C@@H]2O[C@H]3[C@H](O)[C@@H](O)[C@@H](O[C@H]4[C@H](O)[C@@H](O)[C@@H](O[C@H]5[C@H](O)[C@@H](O)[C@@H](O[C@H]6[C@H](O)[C@@H](O)[C@@H](O[C@H]7[C@H](O)[C@@H](O)[C@@H](O[C@H]8[C@H](O)[C@@H](O)[C@@H](O[C@H]1[C@H](O)[C@H]2O)O[C@@H]8CO)O[C@@H]7CO)O[C@@H]6CO)O[C@@H]5CO)O[C@@H]4CO)O[C@@H]3CO. The molecule has 36 nitrogen and oxygen atoms in total. The third-order valence-electron chi connectivity index (χ3n) is 18.2. The van der Waals surface area contributed by atoms with Gasteiger partial charge in [0.2, 0.25) is 0 Å². The molecule has 21 N–H and O–H groups in total. The molecule has 22 saturated heterocycles. The number of hydrogen-bond acceptors (Lipinski definition) is 36. The van der Waals surface area contributed by atoms with Crippen molar-refractivity contribution in [3.8, 4) is 0 Å². The van der Waals surface area contributed by atoms with Gasteiger partial charge in [-0.2, -0.15) is 0 Å². The molecule has 36 atom stereocenters. The molecular weight excluding hydrogens is 1310 g/mol. The monoisotopic (exact) mass is 1410 g/mol. The minimum absolute atomic E-state index is 0.527. The molecule has 22 rings (SSSR count). The smallest absolute Gasteiger partial charge is 0.187 e. The van der Waals surface area contributed by atoms with E-state index in [0.717, 1.165) is 11.2 Å². The van der Waals surface area contributed by atoms with Gasteiger partial charge in [0, 0.05) is 18.4 Å². The van der Waals surface area contributed by atoms with Gasteiger partial charge in [0.25, 0.3) is 0 Å². The quantitative estimate of drug-likeness (QED) is 0.0675. The molecule has 22 heterocycles. The summed E-state index contributed by atoms with van der Waals surface area (Å²) in [5, 5.41) is 231. The number of ether oxygens (including phenoxy) is 14. The summed E-state index contributed by atoms with van der Waals surface area (Å²) in [5.41, 5.74) is 0.527. The molecule has 0 aromatic heterocycles. The first kappa shape index (κ1) is 76.8. The highest BCUT2D eigenvalue weighted by Gasteiger charge is 2.59. The van der Waals surface area contributed by atoms with Gasteiger partial charge in [-0.1, -0.05) is 36.7 Å². The second-order valence-electron chi connectivity index (χ2n) is 25.6. The standard InChI is InChI=1S/C42H70O35.C13H26BrN/c43-1-8-29-15(50)22(57)36(64-8)72-30-9(2-44)66-38(24(59)17(30)52)74-32-11(4-46)68-40(26(61)19(32)54)76-34-13(6-48)70-42(28(63)21(34)56)77-35-14(7-49)69-41(27(62)20(35)55)75-33-12(5-47)67-39(25(60)18(33)53)73-31-10(3-45)65-37(71-29)23(58)16(31)51;1-12-6-7-13(2,3)11-15(10-12)9-5-4-8-14/h8-63H,1-7H2;12H,4-11H2,1-3H3/t8-,9-,10-,11-,12-,13-,14-,15-,16-,17-,18-,19-,20-,21-,22-,23-,24-,25-,26-,27-,28-,29-,30-,31-,32-,33-,34-,35-,36-,37-,38-,39-,40-,41-,42-;/m1./s1. The summed E-state index contributed by atoms with van der Waals surface area (Å²) in [5.74, 6) is 0.885. The van der Waals surface area contributed by atoms with E-state index in [1.54, 1.807) is 0 Å². The van der Waals surface area contributed by atoms with Crippen LogP contribution < -0.4 is 0 Å². The van der Waals surface area contributed by atoms with Crippen LogP contribution in [0.3, 0.4) is 0 Å². The van der Waals surface area contributed by atoms with Crippen LogP contribution in [0.4, 0.5) is 0 Å². The molecule has 14 bridgehead atoms. The zero-order valence-corrected chi connectivity index (χ0v) is 52.4. The van der Waals surface area contributed by atoms with E-state index in [0.29, 0.717) is 5.41 Å². The van der Waals surface area contributed by atoms with Crippen LogP contribution in [0.2, 0.25) is 0 Å². The fraction of sp³-hybridized carbons (Fsp3) is 1.00. The first-order chi connectivity index (χ1) is 43.7. The van der Waals surface area contributed by atoms with Gasteiger partial charge < -0.3 is 178 Å². The summed E-state index contributed by atoms with van der Waals surface area (Å²) in [7, 11) is 0. The lowest BCUT2D eigenvalue weighted by molar-refractivity contribution is -0.396. The summed E-state index contributed by atoms with van der Waals surface area (Å²) in [6.45, 7) is 3.81. The lowest BCUT2D eigenvalue weighted by atomic mass is 9.87. The first-order valence-corrected chi connectivity index (χ1v) is 32.1. The molecule has 0 amide bonds. The molecule has 538 valence electrons. The maximum Gasteiger partial charge on any atom is 0.187 e. The maximum atomic E-state index is 11.3. The van der Waals surface area contributed by atoms with Crippen molar-refractivity contribution >= 4 is 15.9 Å². The van der Waals surface area contributed by atoms with Crippen molar-refractivity contribution in [2.75, 3.05) is 71.2 Å². The van der Waals surface area contributed by atoms with Gasteiger partial charge in [0.05, 0.1) is 46.2 Å². The average molecular weight is 1410 g/mol. The van der Waals surface area contributed by atoms with Crippen molar-refractivity contribution in [3.05, 3.63) is 0 Å². The van der Waals surface area contributed by atoms with E-state index in [9.17, 15) is 107 Å². The summed E-state index contributed by atoms with van der Waals surface area (Å²) < 4.78 is 79.5. The molecule has 1 unspecified atom stereocenters. The second kappa shape index (κ2) is 33.9. The molecule has 0 spiro atoms. The highest BCUT2D eigenvalue weighted by Crippen LogP contribution is 2.39. The molecule has 37 heteroatoms. The number of aliphatic hydroxyl groups is 21. The third kappa shape index (κ3) is 17.1. The molecule has 0 aromatic rings. The molecule has 92 heavy (non-hydrogen) atoms. The van der Waals surface area contributed by atoms with E-state index in [4.69, 9.17) is 66.3 Å². The Morgan fingerprint density at radius 1 is 0.326 bits per heavy atom. The van der Waals surface area contributed by atoms with Crippen molar-refractivity contribution < 1.29 is 174 Å². The van der Waals surface area contributed by atoms with Crippen molar-refractivity contribution in [3.63, 3.8) is 0 Å². The van der Waals surface area contributed by atoms with Gasteiger partial charge in [-0.05, 0) is 43.6 Å². The average Bonchev–Trinajstić information content (AvgIpc) is 1.06. The number of rotatable bonds is 11. The van der Waals surface area contributed by atoms with Crippen LogP contribution in [0, 0.1) is 11.3 Å². The van der Waals surface area contributed by atoms with E-state index < -0.39 is 261 Å². The number of unbranched alkanes of at least 4 members (excludes halogenated alkanes) is 1. The minimum atomic E-state index is -2.21. The Kier molecular flexibility index (Phi) is 28.3. The van der Waals surface area contributed by atoms with Crippen molar-refractivity contribution in [1.82, 2.24) is 4.90 Å². The predicted molar refractivity (Wildman–Crippen MR) is 300 cm³/mol. The van der Waals surface area contributed by atoms with E-state index in [2.05, 4.69) is 41.6 Å². The van der Waals surface area contributed by atoms with Crippen LogP contribution in [-0.4, -0.2) is 398 Å². The molecule has 22 aliphatic rings. The maximum absolute atomic E-state index is 11.3. The lowest BCUT2D eigenvalue weighted by Gasteiger charge is -2.50. The molecule has 0 aromatic carbocycles. The number of aliphatic hydroxyl groups excluding tert-OH is 21. The van der Waals surface area contributed by atoms with Gasteiger partial charge in [0.15, 0.2) is 44.0 Å². The molecule has 22 aliphatic heterocycles. The van der Waals surface area contributed by atoms with Crippen LogP contribution in [0.5, 0.6) is 0 Å². The Bertz CT molecular complexity index is 1830. The van der Waals surface area contributed by atoms with E-state index in [1.807, 2.05) is 0 Å². The van der Waals surface area contributed by atoms with Crippen LogP contribution >= 0.6 is 15.9 Å². The highest BCUT2D eigenvalue weighted by atomic mass is 79.9. The Balaban J connectivity index is 0.000000637. The zero-order chi connectivity index (χ0) is 67.4. The number of alkyl halides is 1. The normalized spacial score (nSPS) is 50.8. The number of hydrogen-bond donors (Lipinski definition) is 21. The zero-order valence-electron chi connectivity index (χ0n) is 50.8. The highest BCUT2D eigenvalue weighted by molar-refractivity contribution is 9.09. The van der Waals surface area contributed by atoms with E-state index in [1.165, 1.54) is 45.3 Å². The van der Waals surface area contributed by atoms with Crippen LogP contribution in [0.25, 0.3) is 0 Å². The van der Waals surface area contributed by atoms with Crippen LogP contribution in [0.1, 0.15) is 46.5 Å². The topological polar surface area (TPSA) is 557 Å².